The lowest BCUT2D eigenvalue weighted by atomic mass is 9.81. The molecule has 114 valence electrons. The molecule has 1 aliphatic heterocycles. The van der Waals surface area contributed by atoms with E-state index >= 15 is 0 Å². The first-order valence-electron chi connectivity index (χ1n) is 6.94. The molecule has 1 saturated heterocycles. The highest BCUT2D eigenvalue weighted by molar-refractivity contribution is 5.88. The summed E-state index contributed by atoms with van der Waals surface area (Å²) in [5, 5.41) is 14.8. The van der Waals surface area contributed by atoms with Gasteiger partial charge in [0.15, 0.2) is 0 Å². The van der Waals surface area contributed by atoms with Crippen LogP contribution in [0.5, 0.6) is 0 Å². The number of carbonyl (C=O) groups excluding carboxylic acids is 2. The highest BCUT2D eigenvalue weighted by Crippen LogP contribution is 2.31. The van der Waals surface area contributed by atoms with Gasteiger partial charge in [-0.25, -0.2) is 4.79 Å². The largest absolute Gasteiger partial charge is 0.480 e. The molecule has 0 saturated carbocycles. The van der Waals surface area contributed by atoms with Crippen molar-refractivity contribution in [1.82, 2.24) is 10.6 Å². The Morgan fingerprint density at radius 3 is 2.60 bits per heavy atom. The maximum atomic E-state index is 12.4. The fourth-order valence-corrected chi connectivity index (χ4v) is 2.60. The van der Waals surface area contributed by atoms with E-state index in [0.29, 0.717) is 19.4 Å². The SMILES string of the molecule is CCCC1(C(=O)N[C@H](CCC(N)=O)C(=O)O)CCNC1. The molecule has 0 bridgehead atoms. The molecule has 2 amide bonds. The zero-order valence-corrected chi connectivity index (χ0v) is 11.8. The fraction of sp³-hybridized carbons (Fsp3) is 0.769. The first kappa shape index (κ1) is 16.4. The number of carboxylic acid groups (broad SMARTS) is 1. The van der Waals surface area contributed by atoms with Crippen molar-refractivity contribution in [3.8, 4) is 0 Å². The Morgan fingerprint density at radius 2 is 2.15 bits per heavy atom. The van der Waals surface area contributed by atoms with Crippen LogP contribution in [0.15, 0.2) is 0 Å². The summed E-state index contributed by atoms with van der Waals surface area (Å²) in [6.07, 6.45) is 2.24. The number of carboxylic acids is 1. The zero-order valence-electron chi connectivity index (χ0n) is 11.8. The Hall–Kier alpha value is -1.63. The molecule has 1 unspecified atom stereocenters. The Bertz CT molecular complexity index is 378. The van der Waals surface area contributed by atoms with Crippen molar-refractivity contribution in [3.63, 3.8) is 0 Å². The van der Waals surface area contributed by atoms with Crippen LogP contribution >= 0.6 is 0 Å². The molecule has 1 fully saturated rings. The summed E-state index contributed by atoms with van der Waals surface area (Å²) in [6, 6.07) is -1.07. The molecule has 1 aliphatic rings. The number of aliphatic carboxylic acids is 1. The lowest BCUT2D eigenvalue weighted by Gasteiger charge is -2.28. The number of carbonyl (C=O) groups is 3. The summed E-state index contributed by atoms with van der Waals surface area (Å²) in [5.41, 5.74) is 4.48. The van der Waals surface area contributed by atoms with Crippen LogP contribution in [0.2, 0.25) is 0 Å². The third-order valence-electron chi connectivity index (χ3n) is 3.74. The van der Waals surface area contributed by atoms with Gasteiger partial charge in [-0.15, -0.1) is 0 Å². The number of rotatable bonds is 8. The third-order valence-corrected chi connectivity index (χ3v) is 3.74. The van der Waals surface area contributed by atoms with Crippen LogP contribution in [0.25, 0.3) is 0 Å². The topological polar surface area (TPSA) is 122 Å². The Kier molecular flexibility index (Phi) is 5.94. The minimum Gasteiger partial charge on any atom is -0.480 e. The van der Waals surface area contributed by atoms with Gasteiger partial charge in [0.25, 0.3) is 0 Å². The van der Waals surface area contributed by atoms with Gasteiger partial charge in [0.1, 0.15) is 6.04 Å². The van der Waals surface area contributed by atoms with Crippen LogP contribution in [0.1, 0.15) is 39.0 Å². The third kappa shape index (κ3) is 4.19. The van der Waals surface area contributed by atoms with E-state index < -0.39 is 23.3 Å². The van der Waals surface area contributed by atoms with E-state index in [4.69, 9.17) is 10.8 Å². The normalized spacial score (nSPS) is 23.2. The summed E-state index contributed by atoms with van der Waals surface area (Å²) in [5.74, 6) is -1.96. The van der Waals surface area contributed by atoms with Gasteiger partial charge in [-0.1, -0.05) is 13.3 Å². The molecule has 1 heterocycles. The number of primary amides is 1. The summed E-state index contributed by atoms with van der Waals surface area (Å²) >= 11 is 0. The van der Waals surface area contributed by atoms with E-state index in [0.717, 1.165) is 13.0 Å². The standard InChI is InChI=1S/C13H23N3O4/c1-2-5-13(6-7-15-8-13)12(20)16-9(11(18)19)3-4-10(14)17/h9,15H,2-8H2,1H3,(H2,14,17)(H,16,20)(H,18,19)/t9-,13?/m1/s1. The molecule has 0 spiro atoms. The minimum absolute atomic E-state index is 0.0199. The molecule has 7 nitrogen and oxygen atoms in total. The van der Waals surface area contributed by atoms with Crippen molar-refractivity contribution in [3.05, 3.63) is 0 Å². The predicted octanol–water partition coefficient (Wildman–Crippen LogP) is -0.399. The van der Waals surface area contributed by atoms with Crippen molar-refractivity contribution in [2.24, 2.45) is 11.1 Å². The number of nitrogens with one attached hydrogen (secondary N) is 2. The molecule has 2 atom stereocenters. The second kappa shape index (κ2) is 7.23. The highest BCUT2D eigenvalue weighted by atomic mass is 16.4. The highest BCUT2D eigenvalue weighted by Gasteiger charge is 2.41. The molecule has 0 aliphatic carbocycles. The molecular formula is C13H23N3O4. The average molecular weight is 285 g/mol. The molecule has 1 rings (SSSR count). The van der Waals surface area contributed by atoms with Gasteiger partial charge in [-0.05, 0) is 25.8 Å². The summed E-state index contributed by atoms with van der Waals surface area (Å²) in [4.78, 5) is 34.3. The van der Waals surface area contributed by atoms with Gasteiger partial charge < -0.3 is 21.5 Å². The van der Waals surface area contributed by atoms with Crippen LogP contribution in [-0.4, -0.2) is 42.0 Å². The number of amides is 2. The molecule has 5 N–H and O–H groups in total. The Balaban J connectivity index is 2.68. The maximum Gasteiger partial charge on any atom is 0.326 e. The molecule has 0 aromatic heterocycles. The van der Waals surface area contributed by atoms with Crippen LogP contribution in [-0.2, 0) is 14.4 Å². The molecule has 20 heavy (non-hydrogen) atoms. The van der Waals surface area contributed by atoms with Crippen molar-refractivity contribution in [2.45, 2.75) is 45.1 Å². The van der Waals surface area contributed by atoms with E-state index in [1.54, 1.807) is 0 Å². The average Bonchev–Trinajstić information content (AvgIpc) is 2.83. The van der Waals surface area contributed by atoms with Gasteiger partial charge in [-0.3, -0.25) is 9.59 Å². The summed E-state index contributed by atoms with van der Waals surface area (Å²) in [6.45, 7) is 3.32. The van der Waals surface area contributed by atoms with Gasteiger partial charge in [0, 0.05) is 13.0 Å². The number of hydrogen-bond donors (Lipinski definition) is 4. The van der Waals surface area contributed by atoms with Crippen molar-refractivity contribution >= 4 is 17.8 Å². The van der Waals surface area contributed by atoms with Crippen LogP contribution < -0.4 is 16.4 Å². The van der Waals surface area contributed by atoms with Gasteiger partial charge in [-0.2, -0.15) is 0 Å². The molecular weight excluding hydrogens is 262 g/mol. The van der Waals surface area contributed by atoms with Crippen molar-refractivity contribution in [2.75, 3.05) is 13.1 Å². The van der Waals surface area contributed by atoms with Crippen molar-refractivity contribution in [1.29, 1.82) is 0 Å². The number of hydrogen-bond acceptors (Lipinski definition) is 4. The van der Waals surface area contributed by atoms with Crippen LogP contribution in [0.4, 0.5) is 0 Å². The summed E-state index contributed by atoms with van der Waals surface area (Å²) < 4.78 is 0. The minimum atomic E-state index is -1.14. The van der Waals surface area contributed by atoms with E-state index in [1.165, 1.54) is 0 Å². The molecule has 0 aromatic rings. The van der Waals surface area contributed by atoms with Crippen LogP contribution in [0, 0.1) is 5.41 Å². The predicted molar refractivity (Wildman–Crippen MR) is 72.8 cm³/mol. The lowest BCUT2D eigenvalue weighted by Crippen LogP contribution is -2.49. The van der Waals surface area contributed by atoms with Gasteiger partial charge in [0.2, 0.25) is 11.8 Å². The molecule has 0 aromatic carbocycles. The molecule has 7 heteroatoms. The summed E-state index contributed by atoms with van der Waals surface area (Å²) in [7, 11) is 0. The van der Waals surface area contributed by atoms with Crippen molar-refractivity contribution < 1.29 is 19.5 Å². The van der Waals surface area contributed by atoms with E-state index in [9.17, 15) is 14.4 Å². The number of nitrogens with two attached hydrogens (primary N) is 1. The second-order valence-electron chi connectivity index (χ2n) is 5.33. The van der Waals surface area contributed by atoms with Gasteiger partial charge in [0.05, 0.1) is 5.41 Å². The van der Waals surface area contributed by atoms with Crippen LogP contribution in [0.3, 0.4) is 0 Å². The molecule has 0 radical (unpaired) electrons. The van der Waals surface area contributed by atoms with E-state index in [1.807, 2.05) is 6.92 Å². The maximum absolute atomic E-state index is 12.4. The Morgan fingerprint density at radius 1 is 1.45 bits per heavy atom. The smallest absolute Gasteiger partial charge is 0.326 e. The Labute approximate surface area is 118 Å². The fourth-order valence-electron chi connectivity index (χ4n) is 2.60. The second-order valence-corrected chi connectivity index (χ2v) is 5.33. The van der Waals surface area contributed by atoms with E-state index in [2.05, 4.69) is 10.6 Å². The first-order valence-corrected chi connectivity index (χ1v) is 6.94. The quantitative estimate of drug-likeness (QED) is 0.483. The first-order chi connectivity index (χ1) is 9.41. The van der Waals surface area contributed by atoms with Gasteiger partial charge >= 0.3 is 5.97 Å². The lowest BCUT2D eigenvalue weighted by molar-refractivity contribution is -0.144. The zero-order chi connectivity index (χ0) is 15.2. The monoisotopic (exact) mass is 285 g/mol. The van der Waals surface area contributed by atoms with E-state index in [-0.39, 0.29) is 18.7 Å².